The van der Waals surface area contributed by atoms with Crippen molar-refractivity contribution in [3.05, 3.63) is 64.9 Å². The van der Waals surface area contributed by atoms with E-state index in [4.69, 9.17) is 11.6 Å². The Morgan fingerprint density at radius 1 is 1.02 bits per heavy atom. The summed E-state index contributed by atoms with van der Waals surface area (Å²) in [6, 6.07) is 8.50. The first-order valence-electron chi connectivity index (χ1n) is 12.8. The first kappa shape index (κ1) is 31.5. The molecule has 1 aliphatic heterocycles. The van der Waals surface area contributed by atoms with Crippen LogP contribution in [0.2, 0.25) is 5.02 Å². The van der Waals surface area contributed by atoms with E-state index in [1.165, 1.54) is 22.3 Å². The van der Waals surface area contributed by atoms with Gasteiger partial charge in [0.05, 0.1) is 26.1 Å². The number of sulfonamides is 2. The van der Waals surface area contributed by atoms with Gasteiger partial charge in [-0.15, -0.1) is 0 Å². The summed E-state index contributed by atoms with van der Waals surface area (Å²) in [5.41, 5.74) is -0.508. The molecule has 0 spiro atoms. The number of hydrogen-bond acceptors (Lipinski definition) is 7. The maximum absolute atomic E-state index is 13.0. The number of nitrogens with zero attached hydrogens (tertiary/aromatic N) is 3. The Kier molecular flexibility index (Phi) is 9.89. The van der Waals surface area contributed by atoms with Gasteiger partial charge in [0.1, 0.15) is 4.90 Å². The van der Waals surface area contributed by atoms with Crippen LogP contribution in [0, 0.1) is 0 Å². The highest BCUT2D eigenvalue weighted by molar-refractivity contribution is 7.99. The molecule has 2 heterocycles. The van der Waals surface area contributed by atoms with Gasteiger partial charge in [-0.2, -0.15) is 17.5 Å². The van der Waals surface area contributed by atoms with Gasteiger partial charge >= 0.3 is 6.18 Å². The van der Waals surface area contributed by atoms with Gasteiger partial charge in [0.15, 0.2) is 0 Å². The zero-order chi connectivity index (χ0) is 29.8. The van der Waals surface area contributed by atoms with E-state index in [-0.39, 0.29) is 10.8 Å². The van der Waals surface area contributed by atoms with Crippen molar-refractivity contribution in [3.8, 4) is 0 Å². The molecule has 0 unspecified atom stereocenters. The number of hydrogen-bond donors (Lipinski definition) is 1. The van der Waals surface area contributed by atoms with E-state index >= 15 is 0 Å². The Bertz CT molecular complexity index is 1600. The van der Waals surface area contributed by atoms with Crippen LogP contribution in [0.15, 0.2) is 68.2 Å². The van der Waals surface area contributed by atoms with Gasteiger partial charge in [0.25, 0.3) is 10.0 Å². The van der Waals surface area contributed by atoms with Crippen LogP contribution in [0.3, 0.4) is 0 Å². The number of nitrogens with one attached hydrogen (secondary N) is 1. The fraction of sp³-hybridized carbons (Fsp3) is 0.385. The second-order valence-corrected chi connectivity index (χ2v) is 14.5. The lowest BCUT2D eigenvalue weighted by Gasteiger charge is -2.25. The van der Waals surface area contributed by atoms with Crippen LogP contribution in [0.5, 0.6) is 0 Å². The third-order valence-electron chi connectivity index (χ3n) is 6.38. The van der Waals surface area contributed by atoms with E-state index in [2.05, 4.69) is 14.7 Å². The summed E-state index contributed by atoms with van der Waals surface area (Å²) in [5.74, 6) is -0.251. The zero-order valence-electron chi connectivity index (χ0n) is 22.0. The summed E-state index contributed by atoms with van der Waals surface area (Å²) in [6.07, 6.45) is 1.60. The summed E-state index contributed by atoms with van der Waals surface area (Å²) >= 11 is 7.19. The molecule has 8 nitrogen and oxygen atoms in total. The second-order valence-electron chi connectivity index (χ2n) is 9.39. The van der Waals surface area contributed by atoms with Gasteiger partial charge in [-0.3, -0.25) is 0 Å². The second kappa shape index (κ2) is 12.9. The lowest BCUT2D eigenvalue weighted by molar-refractivity contribution is -0.137. The number of unbranched alkanes of at least 4 members (excludes halogenated alkanes) is 1. The Labute approximate surface area is 246 Å². The first-order chi connectivity index (χ1) is 19.3. The number of benzene rings is 2. The maximum atomic E-state index is 13.0. The third kappa shape index (κ3) is 7.72. The van der Waals surface area contributed by atoms with Gasteiger partial charge in [0.2, 0.25) is 16.0 Å². The minimum Gasteiger partial charge on any atom is -0.247 e. The summed E-state index contributed by atoms with van der Waals surface area (Å²) in [6.45, 7) is 3.02. The average Bonchev–Trinajstić information content (AvgIpc) is 2.93. The Morgan fingerprint density at radius 2 is 1.71 bits per heavy atom. The molecule has 0 bridgehead atoms. The van der Waals surface area contributed by atoms with Crippen LogP contribution in [-0.4, -0.2) is 44.2 Å². The standard InChI is InChI=1S/C26H28ClF3N4O4S3/c1-2-3-7-22-23(39-19-9-11-20(12-10-19)41(37,38)34-14-5-4-6-15-34)17-31-25(32-22)33-40(35,36)24-13-8-18(16-21(24)27)26(28,29)30/h8-13,16-17H,2-7,14-15H2,1H3,(H,31,32,33). The van der Waals surface area contributed by atoms with E-state index in [0.29, 0.717) is 42.2 Å². The van der Waals surface area contributed by atoms with E-state index in [9.17, 15) is 30.0 Å². The Morgan fingerprint density at radius 3 is 2.32 bits per heavy atom. The number of alkyl halides is 3. The van der Waals surface area contributed by atoms with Crippen molar-refractivity contribution in [2.24, 2.45) is 0 Å². The molecule has 1 fully saturated rings. The van der Waals surface area contributed by atoms with E-state index in [1.54, 1.807) is 24.3 Å². The first-order valence-corrected chi connectivity index (χ1v) is 17.0. The number of aromatic nitrogens is 2. The molecule has 1 aromatic heterocycles. The molecule has 222 valence electrons. The number of aryl methyl sites for hydroxylation is 1. The highest BCUT2D eigenvalue weighted by atomic mass is 35.5. The molecule has 1 N–H and O–H groups in total. The van der Waals surface area contributed by atoms with Crippen molar-refractivity contribution in [3.63, 3.8) is 0 Å². The Balaban J connectivity index is 1.54. The molecule has 1 saturated heterocycles. The van der Waals surface area contributed by atoms with Crippen LogP contribution in [0.25, 0.3) is 0 Å². The highest BCUT2D eigenvalue weighted by Crippen LogP contribution is 2.35. The molecule has 4 rings (SSSR count). The molecule has 1 aliphatic rings. The fourth-order valence-electron chi connectivity index (χ4n) is 4.20. The largest absolute Gasteiger partial charge is 0.416 e. The fourth-order valence-corrected chi connectivity index (χ4v) is 8.11. The molecule has 0 atom stereocenters. The topological polar surface area (TPSA) is 109 Å². The molecular weight excluding hydrogens is 621 g/mol. The van der Waals surface area contributed by atoms with E-state index in [0.717, 1.165) is 43.1 Å². The molecule has 0 saturated carbocycles. The van der Waals surface area contributed by atoms with Crippen LogP contribution in [0.4, 0.5) is 19.1 Å². The van der Waals surface area contributed by atoms with Crippen LogP contribution < -0.4 is 4.72 Å². The molecule has 3 aromatic rings. The normalized spacial score (nSPS) is 15.1. The van der Waals surface area contributed by atoms with Crippen molar-refractivity contribution in [1.82, 2.24) is 14.3 Å². The predicted octanol–water partition coefficient (Wildman–Crippen LogP) is 6.62. The van der Waals surface area contributed by atoms with Gasteiger partial charge in [-0.05, 0) is 68.1 Å². The number of anilines is 1. The smallest absolute Gasteiger partial charge is 0.247 e. The lowest BCUT2D eigenvalue weighted by Crippen LogP contribution is -2.35. The van der Waals surface area contributed by atoms with E-state index in [1.807, 2.05) is 6.92 Å². The Hall–Kier alpha value is -2.39. The molecule has 41 heavy (non-hydrogen) atoms. The summed E-state index contributed by atoms with van der Waals surface area (Å²) < 4.78 is 94.3. The number of rotatable bonds is 10. The summed E-state index contributed by atoms with van der Waals surface area (Å²) in [7, 11) is -7.95. The highest BCUT2D eigenvalue weighted by Gasteiger charge is 2.32. The minimum atomic E-state index is -4.67. The predicted molar refractivity (Wildman–Crippen MR) is 151 cm³/mol. The van der Waals surface area contributed by atoms with Gasteiger partial charge in [0, 0.05) is 24.2 Å². The van der Waals surface area contributed by atoms with Crippen molar-refractivity contribution in [1.29, 1.82) is 0 Å². The van der Waals surface area contributed by atoms with Gasteiger partial charge < -0.3 is 0 Å². The van der Waals surface area contributed by atoms with Crippen molar-refractivity contribution >= 4 is 49.4 Å². The molecule has 2 aromatic carbocycles. The lowest BCUT2D eigenvalue weighted by atomic mass is 10.2. The minimum absolute atomic E-state index is 0.220. The van der Waals surface area contributed by atoms with Gasteiger partial charge in [-0.1, -0.05) is 43.1 Å². The monoisotopic (exact) mass is 648 g/mol. The molecule has 0 aliphatic carbocycles. The third-order valence-corrected chi connectivity index (χ3v) is 11.2. The zero-order valence-corrected chi connectivity index (χ0v) is 25.2. The summed E-state index contributed by atoms with van der Waals surface area (Å²) in [5, 5.41) is -0.587. The molecule has 0 radical (unpaired) electrons. The van der Waals surface area contributed by atoms with Crippen molar-refractivity contribution in [2.75, 3.05) is 17.8 Å². The molecule has 15 heteroatoms. The SMILES string of the molecule is CCCCc1nc(NS(=O)(=O)c2ccc(C(F)(F)F)cc2Cl)ncc1Sc1ccc(S(=O)(=O)N2CCCCC2)cc1. The molecule has 0 amide bonds. The molecular formula is C26H28ClF3N4O4S3. The van der Waals surface area contributed by atoms with Crippen molar-refractivity contribution < 1.29 is 30.0 Å². The van der Waals surface area contributed by atoms with Crippen LogP contribution in [0.1, 0.15) is 50.3 Å². The van der Waals surface area contributed by atoms with Crippen LogP contribution >= 0.6 is 23.4 Å². The number of halogens is 4. The maximum Gasteiger partial charge on any atom is 0.416 e. The number of piperidine rings is 1. The van der Waals surface area contributed by atoms with E-state index < -0.39 is 41.7 Å². The summed E-state index contributed by atoms with van der Waals surface area (Å²) in [4.78, 5) is 9.56. The van der Waals surface area contributed by atoms with Crippen LogP contribution in [-0.2, 0) is 32.6 Å². The quantitative estimate of drug-likeness (QED) is 0.263. The van der Waals surface area contributed by atoms with Gasteiger partial charge in [-0.25, -0.2) is 31.5 Å². The van der Waals surface area contributed by atoms with Crippen molar-refractivity contribution in [2.45, 2.75) is 71.2 Å². The average molecular weight is 649 g/mol.